The molecule has 0 saturated carbocycles. The van der Waals surface area contributed by atoms with Crippen molar-refractivity contribution in [1.29, 1.82) is 0 Å². The molecule has 0 radical (unpaired) electrons. The SMILES string of the molecule is CC(=O)c1ccnc(OCC2CCCO2)c1. The van der Waals surface area contributed by atoms with Crippen LogP contribution in [0.1, 0.15) is 30.1 Å². The molecule has 0 spiro atoms. The van der Waals surface area contributed by atoms with Crippen LogP contribution in [-0.2, 0) is 4.74 Å². The number of carbonyl (C=O) groups is 1. The highest BCUT2D eigenvalue weighted by atomic mass is 16.5. The van der Waals surface area contributed by atoms with Crippen LogP contribution in [0.5, 0.6) is 5.88 Å². The van der Waals surface area contributed by atoms with Crippen LogP contribution >= 0.6 is 0 Å². The molecule has 2 heterocycles. The molecule has 0 aromatic carbocycles. The van der Waals surface area contributed by atoms with Gasteiger partial charge in [-0.1, -0.05) is 0 Å². The summed E-state index contributed by atoms with van der Waals surface area (Å²) in [6.45, 7) is 2.85. The largest absolute Gasteiger partial charge is 0.475 e. The quantitative estimate of drug-likeness (QED) is 0.728. The normalized spacial score (nSPS) is 19.7. The number of aromatic nitrogens is 1. The van der Waals surface area contributed by atoms with E-state index in [-0.39, 0.29) is 11.9 Å². The van der Waals surface area contributed by atoms with E-state index in [1.807, 2.05) is 0 Å². The number of Topliss-reactive ketones (excluding diaryl/α,β-unsaturated/α-hetero) is 1. The minimum absolute atomic E-state index is 0.0179. The second kappa shape index (κ2) is 5.07. The Balaban J connectivity index is 1.93. The minimum Gasteiger partial charge on any atom is -0.475 e. The molecule has 1 aliphatic heterocycles. The standard InChI is InChI=1S/C12H15NO3/c1-9(14)10-4-5-13-12(7-10)16-8-11-3-2-6-15-11/h4-5,7,11H,2-3,6,8H2,1H3. The van der Waals surface area contributed by atoms with Crippen molar-refractivity contribution in [2.75, 3.05) is 13.2 Å². The second-order valence-electron chi connectivity index (χ2n) is 3.88. The number of carbonyl (C=O) groups excluding carboxylic acids is 1. The number of pyridine rings is 1. The van der Waals surface area contributed by atoms with E-state index in [1.54, 1.807) is 18.3 Å². The van der Waals surface area contributed by atoms with E-state index in [0.29, 0.717) is 18.1 Å². The van der Waals surface area contributed by atoms with Crippen LogP contribution in [0.4, 0.5) is 0 Å². The first-order valence-electron chi connectivity index (χ1n) is 5.47. The Bertz CT molecular complexity index is 372. The van der Waals surface area contributed by atoms with Crippen molar-refractivity contribution in [2.24, 2.45) is 0 Å². The molecule has 4 heteroatoms. The summed E-state index contributed by atoms with van der Waals surface area (Å²) in [4.78, 5) is 15.2. The molecule has 1 unspecified atom stereocenters. The third kappa shape index (κ3) is 2.79. The van der Waals surface area contributed by atoms with Gasteiger partial charge in [-0.15, -0.1) is 0 Å². The lowest BCUT2D eigenvalue weighted by Crippen LogP contribution is -2.16. The minimum atomic E-state index is 0.0179. The Labute approximate surface area is 94.6 Å². The molecule has 2 rings (SSSR count). The second-order valence-corrected chi connectivity index (χ2v) is 3.88. The van der Waals surface area contributed by atoms with Gasteiger partial charge in [0.1, 0.15) is 6.61 Å². The molecule has 1 aromatic rings. The van der Waals surface area contributed by atoms with Crippen LogP contribution in [-0.4, -0.2) is 30.1 Å². The summed E-state index contributed by atoms with van der Waals surface area (Å²) in [5, 5.41) is 0. The monoisotopic (exact) mass is 221 g/mol. The highest BCUT2D eigenvalue weighted by Gasteiger charge is 2.16. The van der Waals surface area contributed by atoms with Gasteiger partial charge >= 0.3 is 0 Å². The molecule has 0 aliphatic carbocycles. The fourth-order valence-electron chi connectivity index (χ4n) is 1.66. The number of nitrogens with zero attached hydrogens (tertiary/aromatic N) is 1. The molecule has 4 nitrogen and oxygen atoms in total. The lowest BCUT2D eigenvalue weighted by molar-refractivity contribution is 0.0663. The fraction of sp³-hybridized carbons (Fsp3) is 0.500. The highest BCUT2D eigenvalue weighted by molar-refractivity contribution is 5.94. The van der Waals surface area contributed by atoms with Gasteiger partial charge in [0.2, 0.25) is 5.88 Å². The Morgan fingerprint density at radius 3 is 3.25 bits per heavy atom. The maximum absolute atomic E-state index is 11.2. The van der Waals surface area contributed by atoms with Crippen LogP contribution in [0.3, 0.4) is 0 Å². The van der Waals surface area contributed by atoms with Gasteiger partial charge in [-0.05, 0) is 25.8 Å². The van der Waals surface area contributed by atoms with Crippen molar-refractivity contribution in [3.05, 3.63) is 23.9 Å². The summed E-state index contributed by atoms with van der Waals surface area (Å²) < 4.78 is 10.9. The van der Waals surface area contributed by atoms with Crippen molar-refractivity contribution in [3.63, 3.8) is 0 Å². The van der Waals surface area contributed by atoms with E-state index < -0.39 is 0 Å². The zero-order valence-corrected chi connectivity index (χ0v) is 9.31. The molecule has 0 bridgehead atoms. The van der Waals surface area contributed by atoms with Crippen molar-refractivity contribution in [3.8, 4) is 5.88 Å². The zero-order valence-electron chi connectivity index (χ0n) is 9.31. The Morgan fingerprint density at radius 1 is 1.69 bits per heavy atom. The molecule has 86 valence electrons. The summed E-state index contributed by atoms with van der Waals surface area (Å²) in [6, 6.07) is 3.35. The lowest BCUT2D eigenvalue weighted by Gasteiger charge is -2.10. The third-order valence-corrected chi connectivity index (χ3v) is 2.58. The van der Waals surface area contributed by atoms with E-state index in [1.165, 1.54) is 6.92 Å². The van der Waals surface area contributed by atoms with Crippen molar-refractivity contribution < 1.29 is 14.3 Å². The first kappa shape index (κ1) is 11.1. The van der Waals surface area contributed by atoms with Gasteiger partial charge in [-0.25, -0.2) is 4.98 Å². The Morgan fingerprint density at radius 2 is 2.56 bits per heavy atom. The van der Waals surface area contributed by atoms with Gasteiger partial charge in [0.05, 0.1) is 6.10 Å². The zero-order chi connectivity index (χ0) is 11.4. The maximum Gasteiger partial charge on any atom is 0.213 e. The molecule has 1 saturated heterocycles. The summed E-state index contributed by atoms with van der Waals surface area (Å²) >= 11 is 0. The maximum atomic E-state index is 11.2. The molecular formula is C12H15NO3. The van der Waals surface area contributed by atoms with Crippen LogP contribution in [0.2, 0.25) is 0 Å². The van der Waals surface area contributed by atoms with E-state index in [0.717, 1.165) is 19.4 Å². The molecule has 1 aliphatic rings. The van der Waals surface area contributed by atoms with E-state index >= 15 is 0 Å². The predicted molar refractivity (Wildman–Crippen MR) is 58.7 cm³/mol. The summed E-state index contributed by atoms with van der Waals surface area (Å²) in [5.74, 6) is 0.507. The summed E-state index contributed by atoms with van der Waals surface area (Å²) in [6.07, 6.45) is 3.88. The van der Waals surface area contributed by atoms with Crippen molar-refractivity contribution in [1.82, 2.24) is 4.98 Å². The van der Waals surface area contributed by atoms with Crippen molar-refractivity contribution in [2.45, 2.75) is 25.9 Å². The van der Waals surface area contributed by atoms with Crippen LogP contribution < -0.4 is 4.74 Å². The van der Waals surface area contributed by atoms with Gasteiger partial charge in [0.25, 0.3) is 0 Å². The first-order valence-corrected chi connectivity index (χ1v) is 5.47. The first-order chi connectivity index (χ1) is 7.75. The molecule has 0 N–H and O–H groups in total. The molecule has 1 fully saturated rings. The summed E-state index contributed by atoms with van der Waals surface area (Å²) in [5.41, 5.74) is 0.623. The molecule has 0 amide bonds. The third-order valence-electron chi connectivity index (χ3n) is 2.58. The molecule has 16 heavy (non-hydrogen) atoms. The molecule has 1 atom stereocenters. The fourth-order valence-corrected chi connectivity index (χ4v) is 1.66. The van der Waals surface area contributed by atoms with E-state index in [4.69, 9.17) is 9.47 Å². The summed E-state index contributed by atoms with van der Waals surface area (Å²) in [7, 11) is 0. The Hall–Kier alpha value is -1.42. The van der Waals surface area contributed by atoms with Gasteiger partial charge in [-0.2, -0.15) is 0 Å². The average Bonchev–Trinajstić information content (AvgIpc) is 2.79. The number of hydrogen-bond acceptors (Lipinski definition) is 4. The molecule has 1 aromatic heterocycles. The van der Waals surface area contributed by atoms with Crippen LogP contribution in [0.15, 0.2) is 18.3 Å². The Kier molecular flexibility index (Phi) is 3.51. The van der Waals surface area contributed by atoms with Gasteiger partial charge in [0, 0.05) is 24.4 Å². The lowest BCUT2D eigenvalue weighted by atomic mass is 10.2. The van der Waals surface area contributed by atoms with Crippen molar-refractivity contribution >= 4 is 5.78 Å². The smallest absolute Gasteiger partial charge is 0.213 e. The predicted octanol–water partition coefficient (Wildman–Crippen LogP) is 1.84. The van der Waals surface area contributed by atoms with Gasteiger partial charge in [0.15, 0.2) is 5.78 Å². The number of rotatable bonds is 4. The average molecular weight is 221 g/mol. The van der Waals surface area contributed by atoms with Gasteiger partial charge in [-0.3, -0.25) is 4.79 Å². The van der Waals surface area contributed by atoms with E-state index in [2.05, 4.69) is 4.98 Å². The highest BCUT2D eigenvalue weighted by Crippen LogP contribution is 2.15. The number of ketones is 1. The number of ether oxygens (including phenoxy) is 2. The number of hydrogen-bond donors (Lipinski definition) is 0. The molecular weight excluding hydrogens is 206 g/mol. The van der Waals surface area contributed by atoms with E-state index in [9.17, 15) is 4.79 Å². The van der Waals surface area contributed by atoms with Crippen LogP contribution in [0.25, 0.3) is 0 Å². The topological polar surface area (TPSA) is 48.4 Å². The van der Waals surface area contributed by atoms with Crippen LogP contribution in [0, 0.1) is 0 Å². The van der Waals surface area contributed by atoms with Gasteiger partial charge < -0.3 is 9.47 Å².